The van der Waals surface area contributed by atoms with E-state index in [9.17, 15) is 14.7 Å². The van der Waals surface area contributed by atoms with Crippen LogP contribution in [-0.2, 0) is 4.79 Å². The first-order chi connectivity index (χ1) is 9.77. The summed E-state index contributed by atoms with van der Waals surface area (Å²) in [6.07, 6.45) is 2.63. The fourth-order valence-electron chi connectivity index (χ4n) is 2.27. The monoisotopic (exact) mass is 314 g/mol. The zero-order valence-electron chi connectivity index (χ0n) is 12.9. The minimum absolute atomic E-state index is 0.0971. The molecule has 118 valence electrons. The van der Waals surface area contributed by atoms with Crippen molar-refractivity contribution in [1.82, 2.24) is 9.88 Å². The molecule has 1 amide bonds. The summed E-state index contributed by atoms with van der Waals surface area (Å²) in [5, 5.41) is 12.6. The first kappa shape index (κ1) is 17.6. The van der Waals surface area contributed by atoms with Crippen LogP contribution in [0.4, 0.5) is 0 Å². The fraction of sp³-hybridized carbons (Fsp3) is 0.600. The SMILES string of the molecule is CCC(CC)(CNC(=O)c1cc(Cl)cn1C(C)C)C(=O)O. The van der Waals surface area contributed by atoms with Gasteiger partial charge in [-0.1, -0.05) is 25.4 Å². The smallest absolute Gasteiger partial charge is 0.311 e. The summed E-state index contributed by atoms with van der Waals surface area (Å²) >= 11 is 5.95. The predicted octanol–water partition coefficient (Wildman–Crippen LogP) is 3.34. The third-order valence-corrected chi connectivity index (χ3v) is 4.21. The lowest BCUT2D eigenvalue weighted by Gasteiger charge is -2.27. The van der Waals surface area contributed by atoms with Crippen molar-refractivity contribution in [2.24, 2.45) is 5.41 Å². The third-order valence-electron chi connectivity index (χ3n) is 4.00. The Balaban J connectivity index is 2.89. The lowest BCUT2D eigenvalue weighted by atomic mass is 9.82. The summed E-state index contributed by atoms with van der Waals surface area (Å²) in [5.74, 6) is -1.19. The number of rotatable bonds is 7. The van der Waals surface area contributed by atoms with Crippen molar-refractivity contribution in [1.29, 1.82) is 0 Å². The largest absolute Gasteiger partial charge is 0.481 e. The molecule has 0 saturated carbocycles. The van der Waals surface area contributed by atoms with Gasteiger partial charge >= 0.3 is 5.97 Å². The van der Waals surface area contributed by atoms with Gasteiger partial charge in [-0.2, -0.15) is 0 Å². The van der Waals surface area contributed by atoms with Crippen molar-refractivity contribution in [2.45, 2.75) is 46.6 Å². The van der Waals surface area contributed by atoms with Crippen molar-refractivity contribution >= 4 is 23.5 Å². The molecule has 0 fully saturated rings. The topological polar surface area (TPSA) is 71.3 Å². The summed E-state index contributed by atoms with van der Waals surface area (Å²) in [5.41, 5.74) is -0.476. The van der Waals surface area contributed by atoms with Gasteiger partial charge in [0.05, 0.1) is 10.4 Å². The molecule has 1 aromatic heterocycles. The van der Waals surface area contributed by atoms with E-state index >= 15 is 0 Å². The number of halogens is 1. The highest BCUT2D eigenvalue weighted by molar-refractivity contribution is 6.31. The number of nitrogens with zero attached hydrogens (tertiary/aromatic N) is 1. The predicted molar refractivity (Wildman–Crippen MR) is 82.8 cm³/mol. The van der Waals surface area contributed by atoms with Gasteiger partial charge in [-0.3, -0.25) is 9.59 Å². The average Bonchev–Trinajstić information content (AvgIpc) is 2.82. The van der Waals surface area contributed by atoms with Gasteiger partial charge < -0.3 is 15.0 Å². The molecule has 5 nitrogen and oxygen atoms in total. The van der Waals surface area contributed by atoms with E-state index in [2.05, 4.69) is 5.32 Å². The van der Waals surface area contributed by atoms with Crippen molar-refractivity contribution in [2.75, 3.05) is 6.54 Å². The van der Waals surface area contributed by atoms with Crippen molar-refractivity contribution in [3.05, 3.63) is 23.0 Å². The van der Waals surface area contributed by atoms with Crippen LogP contribution in [0.3, 0.4) is 0 Å². The Kier molecular flexibility index (Phi) is 5.84. The molecule has 0 atom stereocenters. The number of carboxylic acid groups (broad SMARTS) is 1. The van der Waals surface area contributed by atoms with Crippen molar-refractivity contribution in [3.8, 4) is 0 Å². The maximum Gasteiger partial charge on any atom is 0.311 e. The zero-order chi connectivity index (χ0) is 16.2. The Morgan fingerprint density at radius 1 is 1.38 bits per heavy atom. The molecule has 0 aliphatic heterocycles. The second-order valence-electron chi connectivity index (χ2n) is 5.52. The number of hydrogen-bond donors (Lipinski definition) is 2. The fourth-order valence-corrected chi connectivity index (χ4v) is 2.48. The van der Waals surface area contributed by atoms with E-state index < -0.39 is 11.4 Å². The molecule has 0 aromatic carbocycles. The van der Waals surface area contributed by atoms with E-state index in [1.807, 2.05) is 27.7 Å². The molecule has 0 aliphatic rings. The van der Waals surface area contributed by atoms with Crippen LogP contribution in [0.5, 0.6) is 0 Å². The summed E-state index contributed by atoms with van der Waals surface area (Å²) in [6, 6.07) is 1.69. The van der Waals surface area contributed by atoms with Gasteiger partial charge in [-0.05, 0) is 32.8 Å². The molecular weight excluding hydrogens is 292 g/mol. The lowest BCUT2D eigenvalue weighted by molar-refractivity contribution is -0.149. The maximum atomic E-state index is 12.3. The third kappa shape index (κ3) is 3.79. The summed E-state index contributed by atoms with van der Waals surface area (Å²) in [6.45, 7) is 7.64. The van der Waals surface area contributed by atoms with Gasteiger partial charge in [0, 0.05) is 18.8 Å². The number of aromatic nitrogens is 1. The van der Waals surface area contributed by atoms with Gasteiger partial charge in [-0.15, -0.1) is 0 Å². The number of hydrogen-bond acceptors (Lipinski definition) is 2. The number of carbonyl (C=O) groups excluding carboxylic acids is 1. The Morgan fingerprint density at radius 3 is 2.38 bits per heavy atom. The summed E-state index contributed by atoms with van der Waals surface area (Å²) in [7, 11) is 0. The molecule has 2 N–H and O–H groups in total. The van der Waals surface area contributed by atoms with Crippen LogP contribution in [0.1, 0.15) is 57.1 Å². The number of carbonyl (C=O) groups is 2. The van der Waals surface area contributed by atoms with Crippen LogP contribution in [-0.4, -0.2) is 28.1 Å². The lowest BCUT2D eigenvalue weighted by Crippen LogP contribution is -2.42. The second-order valence-corrected chi connectivity index (χ2v) is 5.96. The molecule has 0 bridgehead atoms. The van der Waals surface area contributed by atoms with Crippen LogP contribution >= 0.6 is 11.6 Å². The highest BCUT2D eigenvalue weighted by atomic mass is 35.5. The number of amides is 1. The Labute approximate surface area is 130 Å². The van der Waals surface area contributed by atoms with Crippen LogP contribution in [0.25, 0.3) is 0 Å². The van der Waals surface area contributed by atoms with Gasteiger partial charge in [0.15, 0.2) is 0 Å². The average molecular weight is 315 g/mol. The highest BCUT2D eigenvalue weighted by Gasteiger charge is 2.35. The zero-order valence-corrected chi connectivity index (χ0v) is 13.7. The molecule has 0 aliphatic carbocycles. The number of carboxylic acids is 1. The summed E-state index contributed by atoms with van der Waals surface area (Å²) in [4.78, 5) is 23.7. The van der Waals surface area contributed by atoms with E-state index in [4.69, 9.17) is 11.6 Å². The molecule has 0 saturated heterocycles. The molecule has 0 spiro atoms. The van der Waals surface area contributed by atoms with Crippen molar-refractivity contribution in [3.63, 3.8) is 0 Å². The molecule has 1 heterocycles. The van der Waals surface area contributed by atoms with Crippen LogP contribution in [0.15, 0.2) is 12.3 Å². The van der Waals surface area contributed by atoms with E-state index in [0.717, 1.165) is 0 Å². The molecule has 21 heavy (non-hydrogen) atoms. The Hall–Kier alpha value is -1.49. The molecular formula is C15H23ClN2O3. The first-order valence-corrected chi connectivity index (χ1v) is 7.54. The maximum absolute atomic E-state index is 12.3. The van der Waals surface area contributed by atoms with Crippen LogP contribution < -0.4 is 5.32 Å². The molecule has 0 unspecified atom stereocenters. The van der Waals surface area contributed by atoms with Gasteiger partial charge in [0.25, 0.3) is 5.91 Å². The minimum atomic E-state index is -0.922. The van der Waals surface area contributed by atoms with E-state index in [1.54, 1.807) is 16.8 Å². The molecule has 1 aromatic rings. The summed E-state index contributed by atoms with van der Waals surface area (Å²) < 4.78 is 1.78. The van der Waals surface area contributed by atoms with E-state index in [1.165, 1.54) is 0 Å². The normalized spacial score (nSPS) is 11.7. The molecule has 6 heteroatoms. The standard InChI is InChI=1S/C15H23ClN2O3/c1-5-15(6-2,14(20)21)9-17-13(19)12-7-11(16)8-18(12)10(3)4/h7-8,10H,5-6,9H2,1-4H3,(H,17,19)(H,20,21). The van der Waals surface area contributed by atoms with Gasteiger partial charge in [-0.25, -0.2) is 0 Å². The highest BCUT2D eigenvalue weighted by Crippen LogP contribution is 2.26. The first-order valence-electron chi connectivity index (χ1n) is 7.16. The molecule has 0 radical (unpaired) electrons. The number of nitrogens with one attached hydrogen (secondary N) is 1. The van der Waals surface area contributed by atoms with Crippen LogP contribution in [0, 0.1) is 5.41 Å². The Bertz CT molecular complexity index is 519. The van der Waals surface area contributed by atoms with Crippen molar-refractivity contribution < 1.29 is 14.7 Å². The van der Waals surface area contributed by atoms with Gasteiger partial charge in [0.1, 0.15) is 5.69 Å². The second kappa shape index (κ2) is 6.98. The minimum Gasteiger partial charge on any atom is -0.481 e. The van der Waals surface area contributed by atoms with Crippen LogP contribution in [0.2, 0.25) is 5.02 Å². The van der Waals surface area contributed by atoms with Gasteiger partial charge in [0.2, 0.25) is 0 Å². The van der Waals surface area contributed by atoms with E-state index in [0.29, 0.717) is 23.6 Å². The molecule has 1 rings (SSSR count). The Morgan fingerprint density at radius 2 is 1.95 bits per heavy atom. The van der Waals surface area contributed by atoms with E-state index in [-0.39, 0.29) is 18.5 Å². The number of aliphatic carboxylic acids is 1. The quantitative estimate of drug-likeness (QED) is 0.810.